The molecule has 3 aromatic rings. The van der Waals surface area contributed by atoms with Crippen LogP contribution in [0.1, 0.15) is 11.1 Å². The molecule has 0 fully saturated rings. The van der Waals surface area contributed by atoms with Crippen molar-refractivity contribution in [1.29, 1.82) is 0 Å². The van der Waals surface area contributed by atoms with E-state index in [1.165, 1.54) is 29.3 Å². The highest BCUT2D eigenvalue weighted by Gasteiger charge is 2.09. The fourth-order valence-electron chi connectivity index (χ4n) is 2.00. The van der Waals surface area contributed by atoms with E-state index in [9.17, 15) is 4.79 Å². The maximum absolute atomic E-state index is 11.9. The Morgan fingerprint density at radius 2 is 1.79 bits per heavy atom. The lowest BCUT2D eigenvalue weighted by Gasteiger charge is -2.00. The van der Waals surface area contributed by atoms with Gasteiger partial charge >= 0.3 is 0 Å². The first-order valence-electron chi connectivity index (χ1n) is 8.11. The average molecular weight is 504 g/mol. The van der Waals surface area contributed by atoms with Gasteiger partial charge in [0.05, 0.1) is 22.0 Å². The lowest BCUT2D eigenvalue weighted by atomic mass is 10.2. The molecule has 1 N–H and O–H groups in total. The Morgan fingerprint density at radius 3 is 2.55 bits per heavy atom. The lowest BCUT2D eigenvalue weighted by Crippen LogP contribution is -2.19. The number of nitrogens with zero attached hydrogens (tertiary/aromatic N) is 3. The molecule has 0 aliphatic rings. The summed E-state index contributed by atoms with van der Waals surface area (Å²) in [6, 6.07) is 12.8. The minimum Gasteiger partial charge on any atom is -0.272 e. The Hall–Kier alpha value is -1.29. The van der Waals surface area contributed by atoms with Crippen molar-refractivity contribution in [2.75, 3.05) is 5.75 Å². The van der Waals surface area contributed by atoms with Crippen LogP contribution < -0.4 is 5.43 Å². The molecule has 0 unspecified atom stereocenters. The zero-order valence-corrected chi connectivity index (χ0v) is 19.4. The highest BCUT2D eigenvalue weighted by molar-refractivity contribution is 8.03. The fraction of sp³-hybridized carbons (Fsp3) is 0.111. The van der Waals surface area contributed by atoms with Gasteiger partial charge in [-0.1, -0.05) is 93.9 Å². The number of hydrogen-bond donors (Lipinski definition) is 1. The molecule has 3 rings (SSSR count). The SMILES string of the molecule is O=C(CSc1nnc(SCc2ccccc2Cl)s1)N/N=C/c1ccc(Cl)c(Cl)c1. The van der Waals surface area contributed by atoms with Gasteiger partial charge in [-0.3, -0.25) is 4.79 Å². The summed E-state index contributed by atoms with van der Waals surface area (Å²) in [6.45, 7) is 0. The molecule has 150 valence electrons. The highest BCUT2D eigenvalue weighted by atomic mass is 35.5. The van der Waals surface area contributed by atoms with E-state index >= 15 is 0 Å². The molecule has 5 nitrogen and oxygen atoms in total. The van der Waals surface area contributed by atoms with Gasteiger partial charge in [0.2, 0.25) is 0 Å². The number of thioether (sulfide) groups is 2. The number of nitrogens with one attached hydrogen (secondary N) is 1. The van der Waals surface area contributed by atoms with Crippen molar-refractivity contribution in [2.24, 2.45) is 5.10 Å². The summed E-state index contributed by atoms with van der Waals surface area (Å²) in [5.41, 5.74) is 4.24. The second-order valence-electron chi connectivity index (χ2n) is 5.47. The Kier molecular flexibility index (Phi) is 8.65. The van der Waals surface area contributed by atoms with Gasteiger partial charge < -0.3 is 0 Å². The van der Waals surface area contributed by atoms with Crippen LogP contribution in [-0.4, -0.2) is 28.1 Å². The molecule has 0 aliphatic carbocycles. The molecule has 0 atom stereocenters. The third-order valence-electron chi connectivity index (χ3n) is 3.37. The highest BCUT2D eigenvalue weighted by Crippen LogP contribution is 2.32. The first kappa shape index (κ1) is 22.4. The summed E-state index contributed by atoms with van der Waals surface area (Å²) in [5, 5.41) is 13.8. The summed E-state index contributed by atoms with van der Waals surface area (Å²) in [6.07, 6.45) is 1.50. The third kappa shape index (κ3) is 7.16. The minimum atomic E-state index is -0.244. The van der Waals surface area contributed by atoms with Gasteiger partial charge in [-0.25, -0.2) is 5.43 Å². The van der Waals surface area contributed by atoms with E-state index in [-0.39, 0.29) is 11.7 Å². The molecule has 1 heterocycles. The zero-order valence-electron chi connectivity index (χ0n) is 14.6. The molecule has 0 radical (unpaired) electrons. The predicted octanol–water partition coefficient (Wildman–Crippen LogP) is 6.03. The maximum Gasteiger partial charge on any atom is 0.250 e. The van der Waals surface area contributed by atoms with Crippen molar-refractivity contribution in [1.82, 2.24) is 15.6 Å². The number of hydrazone groups is 1. The van der Waals surface area contributed by atoms with E-state index in [0.717, 1.165) is 24.8 Å². The number of halogens is 3. The Balaban J connectivity index is 1.43. The van der Waals surface area contributed by atoms with Crippen molar-refractivity contribution in [3.63, 3.8) is 0 Å². The fourth-order valence-corrected chi connectivity index (χ4v) is 5.40. The van der Waals surface area contributed by atoms with Crippen LogP contribution in [0, 0.1) is 0 Å². The lowest BCUT2D eigenvalue weighted by molar-refractivity contribution is -0.118. The van der Waals surface area contributed by atoms with Crippen LogP contribution in [0.25, 0.3) is 0 Å². The summed E-state index contributed by atoms with van der Waals surface area (Å²) in [5.74, 6) is 0.651. The predicted molar refractivity (Wildman–Crippen MR) is 124 cm³/mol. The monoisotopic (exact) mass is 502 g/mol. The molecule has 0 saturated heterocycles. The number of carbonyl (C=O) groups is 1. The number of benzene rings is 2. The number of rotatable bonds is 8. The third-order valence-corrected chi connectivity index (χ3v) is 7.72. The van der Waals surface area contributed by atoms with E-state index in [1.807, 2.05) is 24.3 Å². The molecule has 0 spiro atoms. The summed E-state index contributed by atoms with van der Waals surface area (Å²) >= 11 is 22.3. The van der Waals surface area contributed by atoms with Crippen molar-refractivity contribution in [3.8, 4) is 0 Å². The van der Waals surface area contributed by atoms with Crippen molar-refractivity contribution in [2.45, 2.75) is 14.4 Å². The van der Waals surface area contributed by atoms with Gasteiger partial charge in [0.25, 0.3) is 5.91 Å². The number of amides is 1. The first-order valence-corrected chi connectivity index (χ1v) is 12.0. The first-order chi connectivity index (χ1) is 14.0. The molecule has 0 bridgehead atoms. The van der Waals surface area contributed by atoms with E-state index in [0.29, 0.717) is 15.8 Å². The van der Waals surface area contributed by atoms with Gasteiger partial charge in [0, 0.05) is 10.8 Å². The topological polar surface area (TPSA) is 67.2 Å². The molecule has 1 amide bonds. The minimum absolute atomic E-state index is 0.183. The zero-order chi connectivity index (χ0) is 20.6. The molecule has 0 aliphatic heterocycles. The van der Waals surface area contributed by atoms with E-state index < -0.39 is 0 Å². The van der Waals surface area contributed by atoms with Crippen molar-refractivity contribution >= 4 is 81.8 Å². The molecular formula is C18H13Cl3N4OS3. The van der Waals surface area contributed by atoms with Crippen LogP contribution in [0.4, 0.5) is 0 Å². The van der Waals surface area contributed by atoms with Crippen LogP contribution in [0.5, 0.6) is 0 Å². The van der Waals surface area contributed by atoms with Crippen LogP contribution in [0.15, 0.2) is 56.2 Å². The quantitative estimate of drug-likeness (QED) is 0.231. The van der Waals surface area contributed by atoms with Crippen LogP contribution in [0.2, 0.25) is 15.1 Å². The Labute approximate surface area is 195 Å². The van der Waals surface area contributed by atoms with E-state index in [4.69, 9.17) is 34.8 Å². The molecular weight excluding hydrogens is 491 g/mol. The Morgan fingerprint density at radius 1 is 1.03 bits per heavy atom. The second-order valence-corrected chi connectivity index (χ2v) is 10.1. The number of aromatic nitrogens is 2. The summed E-state index contributed by atoms with van der Waals surface area (Å²) in [4.78, 5) is 11.9. The van der Waals surface area contributed by atoms with Gasteiger partial charge in [-0.2, -0.15) is 5.10 Å². The van der Waals surface area contributed by atoms with Crippen LogP contribution >= 0.6 is 69.7 Å². The number of carbonyl (C=O) groups excluding carboxylic acids is 1. The van der Waals surface area contributed by atoms with Crippen molar-refractivity contribution < 1.29 is 4.79 Å². The summed E-state index contributed by atoms with van der Waals surface area (Å²) in [7, 11) is 0. The standard InChI is InChI=1S/C18H13Cl3N4OS3/c19-13-4-2-1-3-12(13)9-27-17-24-25-18(29-17)28-10-16(26)23-22-8-11-5-6-14(20)15(21)7-11/h1-8H,9-10H2,(H,23,26)/b22-8+. The largest absolute Gasteiger partial charge is 0.272 e. The van der Waals surface area contributed by atoms with E-state index in [1.54, 1.807) is 30.0 Å². The smallest absolute Gasteiger partial charge is 0.250 e. The van der Waals surface area contributed by atoms with Crippen molar-refractivity contribution in [3.05, 3.63) is 68.7 Å². The van der Waals surface area contributed by atoms with Gasteiger partial charge in [-0.05, 0) is 29.3 Å². The number of hydrogen-bond acceptors (Lipinski definition) is 7. The van der Waals surface area contributed by atoms with E-state index in [2.05, 4.69) is 20.7 Å². The van der Waals surface area contributed by atoms with Crippen LogP contribution in [-0.2, 0) is 10.5 Å². The second kappa shape index (κ2) is 11.2. The molecule has 29 heavy (non-hydrogen) atoms. The average Bonchev–Trinajstić information content (AvgIpc) is 3.16. The van der Waals surface area contributed by atoms with Gasteiger partial charge in [0.1, 0.15) is 0 Å². The van der Waals surface area contributed by atoms with Gasteiger partial charge in [0.15, 0.2) is 8.68 Å². The normalized spacial score (nSPS) is 11.1. The van der Waals surface area contributed by atoms with Crippen LogP contribution in [0.3, 0.4) is 0 Å². The molecule has 1 aromatic heterocycles. The molecule has 11 heteroatoms. The molecule has 2 aromatic carbocycles. The Bertz CT molecular complexity index is 1030. The molecule has 0 saturated carbocycles. The van der Waals surface area contributed by atoms with Gasteiger partial charge in [-0.15, -0.1) is 10.2 Å². The summed E-state index contributed by atoms with van der Waals surface area (Å²) < 4.78 is 1.54. The maximum atomic E-state index is 11.9.